The molecule has 2 aliphatic rings. The number of rotatable bonds is 2. The lowest BCUT2D eigenvalue weighted by Gasteiger charge is -2.30. The van der Waals surface area contributed by atoms with Gasteiger partial charge >= 0.3 is 0 Å². The van der Waals surface area contributed by atoms with E-state index in [1.807, 2.05) is 0 Å². The van der Waals surface area contributed by atoms with Gasteiger partial charge in [-0.05, 0) is 54.7 Å². The average molecular weight is 277 g/mol. The van der Waals surface area contributed by atoms with Crippen molar-refractivity contribution in [2.75, 3.05) is 0 Å². The van der Waals surface area contributed by atoms with E-state index in [0.29, 0.717) is 0 Å². The van der Waals surface area contributed by atoms with Crippen LogP contribution in [0, 0.1) is 0 Å². The first-order chi connectivity index (χ1) is 9.36. The predicted molar refractivity (Wildman–Crippen MR) is 83.1 cm³/mol. The van der Waals surface area contributed by atoms with Gasteiger partial charge in [-0.3, -0.25) is 0 Å². The molecule has 0 spiro atoms. The van der Waals surface area contributed by atoms with Gasteiger partial charge < -0.3 is 0 Å². The Kier molecular flexibility index (Phi) is 4.48. The van der Waals surface area contributed by atoms with Crippen molar-refractivity contribution in [3.63, 3.8) is 0 Å². The lowest BCUT2D eigenvalue weighted by atomic mass is 9.76. The van der Waals surface area contributed by atoms with E-state index in [2.05, 4.69) is 18.2 Å². The normalized spacial score (nSPS) is 22.6. The molecule has 19 heavy (non-hydrogen) atoms. The highest BCUT2D eigenvalue weighted by Gasteiger charge is 2.25. The fraction of sp³-hybridized carbons (Fsp3) is 0.667. The molecule has 0 aliphatic heterocycles. The van der Waals surface area contributed by atoms with Crippen LogP contribution in [0.3, 0.4) is 0 Å². The minimum atomic E-state index is 0.736. The first-order valence-electron chi connectivity index (χ1n) is 8.14. The zero-order valence-corrected chi connectivity index (χ0v) is 12.6. The summed E-state index contributed by atoms with van der Waals surface area (Å²) in [5.74, 6) is 1.52. The largest absolute Gasteiger partial charge is 0.0840 e. The lowest BCUT2D eigenvalue weighted by Crippen LogP contribution is -2.12. The average Bonchev–Trinajstić information content (AvgIpc) is 2.49. The summed E-state index contributed by atoms with van der Waals surface area (Å²) in [5.41, 5.74) is 3.12. The van der Waals surface area contributed by atoms with E-state index in [1.54, 1.807) is 5.56 Å². The van der Waals surface area contributed by atoms with Crippen molar-refractivity contribution < 1.29 is 0 Å². The van der Waals surface area contributed by atoms with E-state index in [-0.39, 0.29) is 0 Å². The SMILES string of the molecule is Clc1cccc(C2CCCCC2)c1C1CCCCC1. The van der Waals surface area contributed by atoms with Gasteiger partial charge in [-0.25, -0.2) is 0 Å². The standard InChI is InChI=1S/C18H25Cl/c19-17-13-7-12-16(14-8-3-1-4-9-14)18(17)15-10-5-2-6-11-15/h7,12-15H,1-6,8-11H2. The Morgan fingerprint density at radius 3 is 1.95 bits per heavy atom. The molecule has 0 atom stereocenters. The van der Waals surface area contributed by atoms with Gasteiger partial charge in [0.05, 0.1) is 0 Å². The molecule has 0 radical (unpaired) electrons. The summed E-state index contributed by atoms with van der Waals surface area (Å²) in [6, 6.07) is 6.64. The van der Waals surface area contributed by atoms with E-state index >= 15 is 0 Å². The van der Waals surface area contributed by atoms with Crippen LogP contribution in [0.4, 0.5) is 0 Å². The van der Waals surface area contributed by atoms with Gasteiger partial charge in [-0.2, -0.15) is 0 Å². The molecule has 2 fully saturated rings. The highest BCUT2D eigenvalue weighted by atomic mass is 35.5. The van der Waals surface area contributed by atoms with Gasteiger partial charge in [0, 0.05) is 5.02 Å². The Balaban J connectivity index is 1.91. The Hall–Kier alpha value is -0.490. The third kappa shape index (κ3) is 2.99. The van der Waals surface area contributed by atoms with Crippen molar-refractivity contribution in [3.05, 3.63) is 34.3 Å². The second-order valence-electron chi connectivity index (χ2n) is 6.41. The fourth-order valence-electron chi connectivity index (χ4n) is 4.15. The van der Waals surface area contributed by atoms with Crippen LogP contribution in [0.5, 0.6) is 0 Å². The van der Waals surface area contributed by atoms with Gasteiger partial charge in [0.1, 0.15) is 0 Å². The minimum Gasteiger partial charge on any atom is -0.0840 e. The third-order valence-electron chi connectivity index (χ3n) is 5.15. The van der Waals surface area contributed by atoms with Crippen LogP contribution in [0.1, 0.15) is 87.2 Å². The summed E-state index contributed by atoms with van der Waals surface area (Å²) in [7, 11) is 0. The van der Waals surface area contributed by atoms with Crippen molar-refractivity contribution in [1.29, 1.82) is 0 Å². The molecule has 0 aromatic heterocycles. The Labute approximate surface area is 122 Å². The zero-order valence-electron chi connectivity index (χ0n) is 11.8. The molecule has 1 heteroatoms. The molecule has 3 rings (SSSR count). The van der Waals surface area contributed by atoms with Gasteiger partial charge in [0.15, 0.2) is 0 Å². The van der Waals surface area contributed by atoms with E-state index < -0.39 is 0 Å². The smallest absolute Gasteiger partial charge is 0.0443 e. The first kappa shape index (κ1) is 13.5. The molecule has 0 N–H and O–H groups in total. The van der Waals surface area contributed by atoms with E-state index in [4.69, 9.17) is 11.6 Å². The van der Waals surface area contributed by atoms with E-state index in [1.165, 1.54) is 69.8 Å². The maximum Gasteiger partial charge on any atom is 0.0443 e. The summed E-state index contributed by atoms with van der Waals surface area (Å²) in [4.78, 5) is 0. The second kappa shape index (κ2) is 6.31. The molecular weight excluding hydrogens is 252 g/mol. The van der Waals surface area contributed by atoms with Crippen molar-refractivity contribution in [2.24, 2.45) is 0 Å². The van der Waals surface area contributed by atoms with E-state index in [0.717, 1.165) is 16.9 Å². The van der Waals surface area contributed by atoms with Crippen LogP contribution in [0.25, 0.3) is 0 Å². The van der Waals surface area contributed by atoms with Gasteiger partial charge in [0.25, 0.3) is 0 Å². The molecule has 2 aliphatic carbocycles. The summed E-state index contributed by atoms with van der Waals surface area (Å²) in [6.07, 6.45) is 13.9. The fourth-order valence-corrected chi connectivity index (χ4v) is 4.48. The van der Waals surface area contributed by atoms with Crippen LogP contribution >= 0.6 is 11.6 Å². The van der Waals surface area contributed by atoms with Gasteiger partial charge in [0.2, 0.25) is 0 Å². The summed E-state index contributed by atoms with van der Waals surface area (Å²) in [6.45, 7) is 0. The Morgan fingerprint density at radius 1 is 0.737 bits per heavy atom. The van der Waals surface area contributed by atoms with E-state index in [9.17, 15) is 0 Å². The number of benzene rings is 1. The molecule has 104 valence electrons. The molecule has 0 nitrogen and oxygen atoms in total. The lowest BCUT2D eigenvalue weighted by molar-refractivity contribution is 0.419. The monoisotopic (exact) mass is 276 g/mol. The quantitative estimate of drug-likeness (QED) is 0.583. The molecule has 0 bridgehead atoms. The van der Waals surface area contributed by atoms with Crippen LogP contribution in [-0.2, 0) is 0 Å². The highest BCUT2D eigenvalue weighted by molar-refractivity contribution is 6.31. The zero-order chi connectivity index (χ0) is 13.1. The summed E-state index contributed by atoms with van der Waals surface area (Å²) < 4.78 is 0. The number of hydrogen-bond donors (Lipinski definition) is 0. The maximum atomic E-state index is 6.58. The molecular formula is C18H25Cl. The van der Waals surface area contributed by atoms with Crippen LogP contribution < -0.4 is 0 Å². The minimum absolute atomic E-state index is 0.736. The van der Waals surface area contributed by atoms with Gasteiger partial charge in [-0.15, -0.1) is 0 Å². The van der Waals surface area contributed by atoms with Crippen LogP contribution in [0.2, 0.25) is 5.02 Å². The Morgan fingerprint density at radius 2 is 1.32 bits per heavy atom. The first-order valence-corrected chi connectivity index (χ1v) is 8.52. The molecule has 0 amide bonds. The topological polar surface area (TPSA) is 0 Å². The predicted octanol–water partition coefficient (Wildman–Crippen LogP) is 6.44. The molecule has 2 saturated carbocycles. The summed E-state index contributed by atoms with van der Waals surface area (Å²) in [5, 5.41) is 1.04. The molecule has 0 saturated heterocycles. The molecule has 1 aromatic carbocycles. The molecule has 0 heterocycles. The molecule has 1 aromatic rings. The third-order valence-corrected chi connectivity index (χ3v) is 5.47. The van der Waals surface area contributed by atoms with Gasteiger partial charge in [-0.1, -0.05) is 62.3 Å². The maximum absolute atomic E-state index is 6.58. The van der Waals surface area contributed by atoms with Crippen LogP contribution in [0.15, 0.2) is 18.2 Å². The number of hydrogen-bond acceptors (Lipinski definition) is 0. The summed E-state index contributed by atoms with van der Waals surface area (Å²) >= 11 is 6.58. The Bertz CT molecular complexity index is 412. The van der Waals surface area contributed by atoms with Crippen LogP contribution in [-0.4, -0.2) is 0 Å². The van der Waals surface area contributed by atoms with Crippen molar-refractivity contribution in [2.45, 2.75) is 76.0 Å². The highest BCUT2D eigenvalue weighted by Crippen LogP contribution is 2.43. The van der Waals surface area contributed by atoms with Crippen molar-refractivity contribution in [3.8, 4) is 0 Å². The van der Waals surface area contributed by atoms with Crippen molar-refractivity contribution in [1.82, 2.24) is 0 Å². The molecule has 0 unspecified atom stereocenters. The second-order valence-corrected chi connectivity index (χ2v) is 6.82. The number of halogens is 1. The van der Waals surface area contributed by atoms with Crippen molar-refractivity contribution >= 4 is 11.6 Å².